The predicted octanol–water partition coefficient (Wildman–Crippen LogP) is 0.508. The number of aromatic nitrogens is 1. The van der Waals surface area contributed by atoms with E-state index in [4.69, 9.17) is 5.73 Å². The van der Waals surface area contributed by atoms with E-state index in [1.807, 2.05) is 0 Å². The zero-order valence-corrected chi connectivity index (χ0v) is 12.4. The first-order valence-corrected chi connectivity index (χ1v) is 6.69. The molecule has 0 unspecified atom stereocenters. The van der Waals surface area contributed by atoms with Crippen LogP contribution in [0, 0.1) is 5.82 Å². The van der Waals surface area contributed by atoms with Crippen LogP contribution in [0.1, 0.15) is 20.7 Å². The third-order valence-electron chi connectivity index (χ3n) is 3.62. The Bertz CT molecular complexity index is 918. The number of fused-ring (bicyclic) bond motifs is 1. The number of rotatable bonds is 2. The molecular formula is C15H13FN4O3. The summed E-state index contributed by atoms with van der Waals surface area (Å²) >= 11 is 0. The van der Waals surface area contributed by atoms with Gasteiger partial charge in [-0.2, -0.15) is 0 Å². The SMILES string of the molecule is CN(C)c1ccc(-n2c(N)c3c(cc2=O)C(=O)NC3=O)cc1F. The Balaban J connectivity index is 2.25. The minimum Gasteiger partial charge on any atom is -0.384 e. The molecule has 0 atom stereocenters. The first-order valence-electron chi connectivity index (χ1n) is 6.69. The lowest BCUT2D eigenvalue weighted by atomic mass is 10.1. The number of carbonyl (C=O) groups is 2. The Kier molecular flexibility index (Phi) is 3.17. The normalized spacial score (nSPS) is 13.0. The average molecular weight is 316 g/mol. The summed E-state index contributed by atoms with van der Waals surface area (Å²) in [6.45, 7) is 0. The second-order valence-electron chi connectivity index (χ2n) is 5.31. The molecule has 0 fully saturated rings. The second-order valence-corrected chi connectivity index (χ2v) is 5.31. The van der Waals surface area contributed by atoms with Crippen molar-refractivity contribution >= 4 is 23.3 Å². The minimum absolute atomic E-state index is 0.0702. The highest BCUT2D eigenvalue weighted by molar-refractivity contribution is 6.23. The standard InChI is InChI=1S/C15H13FN4O3/c1-19(2)10-4-3-7(5-9(10)16)20-11(21)6-8-12(13(20)17)15(23)18-14(8)22/h3-6H,17H2,1-2H3,(H,18,22,23). The van der Waals surface area contributed by atoms with Crippen molar-refractivity contribution in [2.45, 2.75) is 0 Å². The molecule has 2 amide bonds. The van der Waals surface area contributed by atoms with Gasteiger partial charge in [-0.3, -0.25) is 24.3 Å². The van der Waals surface area contributed by atoms with Crippen molar-refractivity contribution in [3.05, 3.63) is 51.6 Å². The molecule has 7 nitrogen and oxygen atoms in total. The lowest BCUT2D eigenvalue weighted by molar-refractivity contribution is 0.0880. The van der Waals surface area contributed by atoms with Gasteiger partial charge in [0, 0.05) is 26.2 Å². The first kappa shape index (κ1) is 14.8. The molecular weight excluding hydrogens is 303 g/mol. The van der Waals surface area contributed by atoms with Crippen LogP contribution in [-0.2, 0) is 0 Å². The fourth-order valence-corrected chi connectivity index (χ4v) is 2.54. The van der Waals surface area contributed by atoms with Crippen LogP contribution in [0.5, 0.6) is 0 Å². The van der Waals surface area contributed by atoms with Gasteiger partial charge in [-0.25, -0.2) is 4.39 Å². The van der Waals surface area contributed by atoms with Gasteiger partial charge in [-0.15, -0.1) is 0 Å². The average Bonchev–Trinajstić information content (AvgIpc) is 2.73. The van der Waals surface area contributed by atoms with Gasteiger partial charge in [0.25, 0.3) is 17.4 Å². The maximum atomic E-state index is 14.1. The molecule has 1 aromatic heterocycles. The summed E-state index contributed by atoms with van der Waals surface area (Å²) < 4.78 is 15.1. The smallest absolute Gasteiger partial charge is 0.262 e. The number of benzene rings is 1. The molecule has 1 aliphatic rings. The second kappa shape index (κ2) is 4.94. The molecule has 118 valence electrons. The number of imide groups is 1. The Labute approximate surface area is 130 Å². The van der Waals surface area contributed by atoms with E-state index in [0.29, 0.717) is 5.69 Å². The molecule has 0 saturated heterocycles. The number of hydrogen-bond donors (Lipinski definition) is 2. The van der Waals surface area contributed by atoms with Crippen molar-refractivity contribution in [3.8, 4) is 5.69 Å². The number of nitrogen functional groups attached to an aromatic ring is 1. The molecule has 0 bridgehead atoms. The van der Waals surface area contributed by atoms with Crippen LogP contribution >= 0.6 is 0 Å². The van der Waals surface area contributed by atoms with Crippen LogP contribution in [0.2, 0.25) is 0 Å². The third-order valence-corrected chi connectivity index (χ3v) is 3.62. The molecule has 8 heteroatoms. The van der Waals surface area contributed by atoms with E-state index in [1.165, 1.54) is 12.1 Å². The highest BCUT2D eigenvalue weighted by Gasteiger charge is 2.31. The highest BCUT2D eigenvalue weighted by Crippen LogP contribution is 2.25. The van der Waals surface area contributed by atoms with E-state index in [1.54, 1.807) is 19.0 Å². The van der Waals surface area contributed by atoms with Gasteiger partial charge in [-0.1, -0.05) is 0 Å². The number of nitrogens with one attached hydrogen (secondary N) is 1. The summed E-state index contributed by atoms with van der Waals surface area (Å²) in [7, 11) is 3.37. The van der Waals surface area contributed by atoms with Gasteiger partial charge in [-0.05, 0) is 12.1 Å². The summed E-state index contributed by atoms with van der Waals surface area (Å²) in [5.74, 6) is -2.09. The summed E-state index contributed by atoms with van der Waals surface area (Å²) in [6, 6.07) is 5.17. The Morgan fingerprint density at radius 1 is 1.13 bits per heavy atom. The molecule has 3 N–H and O–H groups in total. The van der Waals surface area contributed by atoms with Gasteiger partial charge in [0.2, 0.25) is 0 Å². The molecule has 1 aliphatic heterocycles. The lowest BCUT2D eigenvalue weighted by Crippen LogP contribution is -2.24. The number of pyridine rings is 1. The number of amides is 2. The Morgan fingerprint density at radius 2 is 1.83 bits per heavy atom. The summed E-state index contributed by atoms with van der Waals surface area (Å²) in [4.78, 5) is 37.2. The number of nitrogens with two attached hydrogens (primary N) is 1. The highest BCUT2D eigenvalue weighted by atomic mass is 19.1. The van der Waals surface area contributed by atoms with Crippen LogP contribution in [0.3, 0.4) is 0 Å². The lowest BCUT2D eigenvalue weighted by Gasteiger charge is -2.16. The first-order chi connectivity index (χ1) is 10.8. The minimum atomic E-state index is -0.679. The topological polar surface area (TPSA) is 97.4 Å². The van der Waals surface area contributed by atoms with E-state index >= 15 is 0 Å². The largest absolute Gasteiger partial charge is 0.384 e. The van der Waals surface area contributed by atoms with E-state index in [9.17, 15) is 18.8 Å². The van der Waals surface area contributed by atoms with Crippen molar-refractivity contribution in [1.29, 1.82) is 0 Å². The molecule has 2 heterocycles. The zero-order chi connectivity index (χ0) is 16.9. The quantitative estimate of drug-likeness (QED) is 0.787. The van der Waals surface area contributed by atoms with Crippen molar-refractivity contribution in [2.24, 2.45) is 0 Å². The molecule has 1 aromatic carbocycles. The summed E-state index contributed by atoms with van der Waals surface area (Å²) in [5.41, 5.74) is 5.63. The van der Waals surface area contributed by atoms with Crippen molar-refractivity contribution < 1.29 is 14.0 Å². The maximum Gasteiger partial charge on any atom is 0.262 e. The van der Waals surface area contributed by atoms with Crippen molar-refractivity contribution in [3.63, 3.8) is 0 Å². The van der Waals surface area contributed by atoms with Crippen LogP contribution in [-0.4, -0.2) is 30.5 Å². The van der Waals surface area contributed by atoms with Gasteiger partial charge in [0.15, 0.2) is 0 Å². The van der Waals surface area contributed by atoms with Crippen LogP contribution in [0.4, 0.5) is 15.9 Å². The zero-order valence-electron chi connectivity index (χ0n) is 12.4. The van der Waals surface area contributed by atoms with Gasteiger partial charge < -0.3 is 10.6 Å². The van der Waals surface area contributed by atoms with E-state index in [0.717, 1.165) is 16.7 Å². The molecule has 0 saturated carbocycles. The van der Waals surface area contributed by atoms with E-state index in [-0.39, 0.29) is 22.6 Å². The molecule has 0 spiro atoms. The number of anilines is 2. The van der Waals surface area contributed by atoms with E-state index < -0.39 is 23.2 Å². The summed E-state index contributed by atoms with van der Waals surface area (Å²) in [6.07, 6.45) is 0. The molecule has 0 aliphatic carbocycles. The van der Waals surface area contributed by atoms with Crippen molar-refractivity contribution in [1.82, 2.24) is 9.88 Å². The summed E-state index contributed by atoms with van der Waals surface area (Å²) in [5, 5.41) is 2.07. The Morgan fingerprint density at radius 3 is 2.43 bits per heavy atom. The molecule has 0 radical (unpaired) electrons. The molecule has 23 heavy (non-hydrogen) atoms. The predicted molar refractivity (Wildman–Crippen MR) is 82.5 cm³/mol. The van der Waals surface area contributed by atoms with Gasteiger partial charge in [0.1, 0.15) is 11.6 Å². The number of carbonyl (C=O) groups excluding carboxylic acids is 2. The monoisotopic (exact) mass is 316 g/mol. The molecule has 3 rings (SSSR count). The fourth-order valence-electron chi connectivity index (χ4n) is 2.54. The van der Waals surface area contributed by atoms with Crippen molar-refractivity contribution in [2.75, 3.05) is 24.7 Å². The molecule has 2 aromatic rings. The number of hydrogen-bond acceptors (Lipinski definition) is 5. The van der Waals surface area contributed by atoms with E-state index in [2.05, 4.69) is 5.32 Å². The number of nitrogens with zero attached hydrogens (tertiary/aromatic N) is 2. The number of halogens is 1. The van der Waals surface area contributed by atoms with Crippen LogP contribution in [0.25, 0.3) is 5.69 Å². The van der Waals surface area contributed by atoms with Crippen LogP contribution < -0.4 is 21.5 Å². The van der Waals surface area contributed by atoms with Gasteiger partial charge in [0.05, 0.1) is 22.5 Å². The van der Waals surface area contributed by atoms with Gasteiger partial charge >= 0.3 is 0 Å². The third kappa shape index (κ3) is 2.15. The fraction of sp³-hybridized carbons (Fsp3) is 0.133. The Hall–Kier alpha value is -3.16. The van der Waals surface area contributed by atoms with Crippen LogP contribution in [0.15, 0.2) is 29.1 Å². The maximum absolute atomic E-state index is 14.1.